The Morgan fingerprint density at radius 3 is 2.58 bits per heavy atom. The van der Waals surface area contributed by atoms with E-state index in [1.807, 2.05) is 79.3 Å². The maximum absolute atomic E-state index is 12.1. The lowest BCUT2D eigenvalue weighted by molar-refractivity contribution is 0.136. The summed E-state index contributed by atoms with van der Waals surface area (Å²) in [4.78, 5) is 16.7. The average Bonchev–Trinajstić information content (AvgIpc) is 3.03. The van der Waals surface area contributed by atoms with E-state index >= 15 is 0 Å². The molecule has 1 aromatic heterocycles. The molecule has 0 fully saturated rings. The Balaban J connectivity index is 1.63. The molecule has 0 saturated heterocycles. The van der Waals surface area contributed by atoms with Crippen molar-refractivity contribution in [2.75, 3.05) is 0 Å². The standard InChI is InChI=1S/C20H20IN3O2/c1-14(22-20(25)26-13-15-6-4-3-5-7-15)19-23-18(12-24(19)2)16-8-10-17(21)11-9-16/h3-12,14H,13H2,1-2H3,(H,22,25)/t14-/m1/s1. The maximum atomic E-state index is 12.1. The van der Waals surface area contributed by atoms with Crippen LogP contribution in [0.25, 0.3) is 11.3 Å². The summed E-state index contributed by atoms with van der Waals surface area (Å²) in [7, 11) is 1.92. The number of halogens is 1. The van der Waals surface area contributed by atoms with Gasteiger partial charge in [0.2, 0.25) is 0 Å². The second-order valence-corrected chi connectivity index (χ2v) is 7.28. The minimum absolute atomic E-state index is 0.244. The number of imidazole rings is 1. The van der Waals surface area contributed by atoms with Gasteiger partial charge in [-0.1, -0.05) is 42.5 Å². The number of carbonyl (C=O) groups excluding carboxylic acids is 1. The SMILES string of the molecule is C[C@@H](NC(=O)OCc1ccccc1)c1nc(-c2ccc(I)cc2)cn1C. The highest BCUT2D eigenvalue weighted by atomic mass is 127. The molecule has 0 bridgehead atoms. The lowest BCUT2D eigenvalue weighted by Gasteiger charge is -2.13. The zero-order chi connectivity index (χ0) is 18.5. The number of alkyl carbamates (subject to hydrolysis) is 1. The smallest absolute Gasteiger partial charge is 0.408 e. The van der Waals surface area contributed by atoms with Gasteiger partial charge in [-0.15, -0.1) is 0 Å². The molecule has 3 rings (SSSR count). The normalized spacial score (nSPS) is 11.8. The van der Waals surface area contributed by atoms with Gasteiger partial charge in [0.25, 0.3) is 0 Å². The highest BCUT2D eigenvalue weighted by molar-refractivity contribution is 14.1. The molecule has 0 saturated carbocycles. The molecule has 0 aliphatic rings. The predicted molar refractivity (Wildman–Crippen MR) is 110 cm³/mol. The van der Waals surface area contributed by atoms with Crippen molar-refractivity contribution in [1.29, 1.82) is 0 Å². The van der Waals surface area contributed by atoms with Crippen LogP contribution in [0.2, 0.25) is 0 Å². The predicted octanol–water partition coefficient (Wildman–Crippen LogP) is 4.68. The fraction of sp³-hybridized carbons (Fsp3) is 0.200. The number of carbonyl (C=O) groups is 1. The van der Waals surface area contributed by atoms with Crippen LogP contribution >= 0.6 is 22.6 Å². The zero-order valence-electron chi connectivity index (χ0n) is 14.6. The van der Waals surface area contributed by atoms with E-state index in [4.69, 9.17) is 4.74 Å². The van der Waals surface area contributed by atoms with Crippen LogP contribution in [0.1, 0.15) is 24.4 Å². The summed E-state index contributed by atoms with van der Waals surface area (Å²) in [5, 5.41) is 2.84. The number of hydrogen-bond donors (Lipinski definition) is 1. The molecule has 1 heterocycles. The second-order valence-electron chi connectivity index (χ2n) is 6.03. The minimum atomic E-state index is -0.458. The first-order valence-corrected chi connectivity index (χ1v) is 9.37. The Bertz CT molecular complexity index is 876. The quantitative estimate of drug-likeness (QED) is 0.562. The molecule has 3 aromatic rings. The summed E-state index contributed by atoms with van der Waals surface area (Å²) in [6.45, 7) is 2.14. The third kappa shape index (κ3) is 4.63. The van der Waals surface area contributed by atoms with Gasteiger partial charge >= 0.3 is 6.09 Å². The Labute approximate surface area is 166 Å². The van der Waals surface area contributed by atoms with E-state index in [0.717, 1.165) is 22.6 Å². The third-order valence-corrected chi connectivity index (χ3v) is 4.71. The number of aryl methyl sites for hydroxylation is 1. The molecule has 0 radical (unpaired) electrons. The van der Waals surface area contributed by atoms with Gasteiger partial charge in [0.1, 0.15) is 12.4 Å². The largest absolute Gasteiger partial charge is 0.445 e. The summed E-state index contributed by atoms with van der Waals surface area (Å²) in [5.41, 5.74) is 2.88. The number of hydrogen-bond acceptors (Lipinski definition) is 3. The summed E-state index contributed by atoms with van der Waals surface area (Å²) in [5.74, 6) is 0.773. The van der Waals surface area contributed by atoms with Crippen molar-refractivity contribution in [3.05, 3.63) is 75.8 Å². The number of benzene rings is 2. The molecule has 0 spiro atoms. The number of nitrogens with zero attached hydrogens (tertiary/aromatic N) is 2. The lowest BCUT2D eigenvalue weighted by atomic mass is 10.2. The summed E-state index contributed by atoms with van der Waals surface area (Å²) < 4.78 is 8.38. The zero-order valence-corrected chi connectivity index (χ0v) is 16.8. The Hall–Kier alpha value is -2.35. The van der Waals surface area contributed by atoms with Gasteiger partial charge in [-0.05, 0) is 47.2 Å². The van der Waals surface area contributed by atoms with E-state index in [2.05, 4.69) is 32.9 Å². The number of nitrogens with one attached hydrogen (secondary N) is 1. The number of aromatic nitrogens is 2. The molecule has 0 aliphatic carbocycles. The van der Waals surface area contributed by atoms with Gasteiger partial charge in [0.05, 0.1) is 11.7 Å². The average molecular weight is 461 g/mol. The van der Waals surface area contributed by atoms with Crippen molar-refractivity contribution in [2.45, 2.75) is 19.6 Å². The first kappa shape index (κ1) is 18.4. The molecule has 134 valence electrons. The molecule has 2 aromatic carbocycles. The van der Waals surface area contributed by atoms with E-state index in [-0.39, 0.29) is 12.6 Å². The molecular weight excluding hydrogens is 441 g/mol. The van der Waals surface area contributed by atoms with Crippen LogP contribution in [0.4, 0.5) is 4.79 Å². The van der Waals surface area contributed by atoms with Gasteiger partial charge in [-0.2, -0.15) is 0 Å². The van der Waals surface area contributed by atoms with Crippen molar-refractivity contribution in [3.8, 4) is 11.3 Å². The van der Waals surface area contributed by atoms with Crippen molar-refractivity contribution in [1.82, 2.24) is 14.9 Å². The first-order valence-electron chi connectivity index (χ1n) is 8.29. The maximum Gasteiger partial charge on any atom is 0.408 e. The third-order valence-electron chi connectivity index (χ3n) is 3.99. The lowest BCUT2D eigenvalue weighted by Crippen LogP contribution is -2.28. The Morgan fingerprint density at radius 1 is 1.19 bits per heavy atom. The molecule has 1 atom stereocenters. The van der Waals surface area contributed by atoms with Crippen molar-refractivity contribution in [2.24, 2.45) is 7.05 Å². The van der Waals surface area contributed by atoms with Gasteiger partial charge in [0.15, 0.2) is 0 Å². The van der Waals surface area contributed by atoms with Crippen LogP contribution in [0.15, 0.2) is 60.8 Å². The van der Waals surface area contributed by atoms with Crippen LogP contribution < -0.4 is 5.32 Å². The van der Waals surface area contributed by atoms with Crippen molar-refractivity contribution in [3.63, 3.8) is 0 Å². The van der Waals surface area contributed by atoms with E-state index < -0.39 is 6.09 Å². The van der Waals surface area contributed by atoms with Gasteiger partial charge in [-0.3, -0.25) is 0 Å². The second kappa shape index (κ2) is 8.35. The van der Waals surface area contributed by atoms with Crippen LogP contribution in [-0.4, -0.2) is 15.6 Å². The van der Waals surface area contributed by atoms with Crippen LogP contribution in [0.5, 0.6) is 0 Å². The van der Waals surface area contributed by atoms with Gasteiger partial charge in [-0.25, -0.2) is 9.78 Å². The molecular formula is C20H20IN3O2. The van der Waals surface area contributed by atoms with E-state index in [9.17, 15) is 4.79 Å². The minimum Gasteiger partial charge on any atom is -0.445 e. The molecule has 6 heteroatoms. The molecule has 1 amide bonds. The van der Waals surface area contributed by atoms with Crippen molar-refractivity contribution < 1.29 is 9.53 Å². The van der Waals surface area contributed by atoms with Crippen LogP contribution in [0, 0.1) is 3.57 Å². The Kier molecular flexibility index (Phi) is 5.92. The summed E-state index contributed by atoms with van der Waals surface area (Å²) >= 11 is 2.28. The first-order chi connectivity index (χ1) is 12.5. The van der Waals surface area contributed by atoms with Crippen LogP contribution in [0.3, 0.4) is 0 Å². The summed E-state index contributed by atoms with van der Waals surface area (Å²) in [6, 6.07) is 17.5. The Morgan fingerprint density at radius 2 is 1.88 bits per heavy atom. The molecule has 0 unspecified atom stereocenters. The topological polar surface area (TPSA) is 56.1 Å². The molecule has 1 N–H and O–H groups in total. The molecule has 26 heavy (non-hydrogen) atoms. The molecule has 5 nitrogen and oxygen atoms in total. The van der Waals surface area contributed by atoms with E-state index in [1.165, 1.54) is 3.57 Å². The fourth-order valence-electron chi connectivity index (χ4n) is 2.65. The van der Waals surface area contributed by atoms with Gasteiger partial charge in [0, 0.05) is 22.4 Å². The van der Waals surface area contributed by atoms with Gasteiger partial charge < -0.3 is 14.6 Å². The number of ether oxygens (including phenoxy) is 1. The number of rotatable bonds is 5. The number of amides is 1. The fourth-order valence-corrected chi connectivity index (χ4v) is 3.01. The van der Waals surface area contributed by atoms with E-state index in [0.29, 0.717) is 0 Å². The summed E-state index contributed by atoms with van der Waals surface area (Å²) in [6.07, 6.45) is 1.51. The highest BCUT2D eigenvalue weighted by Crippen LogP contribution is 2.22. The monoisotopic (exact) mass is 461 g/mol. The highest BCUT2D eigenvalue weighted by Gasteiger charge is 2.17. The van der Waals surface area contributed by atoms with E-state index in [1.54, 1.807) is 0 Å². The molecule has 0 aliphatic heterocycles. The van der Waals surface area contributed by atoms with Crippen LogP contribution in [-0.2, 0) is 18.4 Å². The van der Waals surface area contributed by atoms with Crippen molar-refractivity contribution >= 4 is 28.7 Å².